The first kappa shape index (κ1) is 17.0. The average Bonchev–Trinajstić information content (AvgIpc) is 2.46. The second-order valence-electron chi connectivity index (χ2n) is 4.86. The second kappa shape index (κ2) is 9.75. The summed E-state index contributed by atoms with van der Waals surface area (Å²) in [5, 5.41) is 10.1. The molecule has 0 bridgehead atoms. The zero-order valence-electron chi connectivity index (χ0n) is 12.8. The molecule has 0 spiro atoms. The molecule has 0 amide bonds. The third kappa shape index (κ3) is 5.12. The number of ether oxygens (including phenoxy) is 2. The Bertz CT molecular complexity index is 370. The first-order valence-electron chi connectivity index (χ1n) is 7.24. The summed E-state index contributed by atoms with van der Waals surface area (Å²) in [6, 6.07) is 7.79. The molecule has 0 aliphatic heterocycles. The Morgan fingerprint density at radius 1 is 1.10 bits per heavy atom. The molecule has 1 aromatic carbocycles. The molecule has 4 nitrogen and oxygen atoms in total. The van der Waals surface area contributed by atoms with E-state index in [4.69, 9.17) is 9.47 Å². The number of phenolic OH excluding ortho intramolecular Hbond substituents is 1. The average molecular weight is 281 g/mol. The molecule has 0 aromatic heterocycles. The van der Waals surface area contributed by atoms with E-state index in [1.165, 1.54) is 0 Å². The van der Waals surface area contributed by atoms with Crippen LogP contribution in [0.2, 0.25) is 0 Å². The summed E-state index contributed by atoms with van der Waals surface area (Å²) in [5.74, 6) is 0.369. The molecule has 0 aliphatic carbocycles. The Kier molecular flexibility index (Phi) is 8.26. The van der Waals surface area contributed by atoms with E-state index in [1.807, 2.05) is 18.2 Å². The summed E-state index contributed by atoms with van der Waals surface area (Å²) in [6.45, 7) is 5.38. The molecule has 114 valence electrons. The van der Waals surface area contributed by atoms with Gasteiger partial charge in [-0.3, -0.25) is 4.90 Å². The van der Waals surface area contributed by atoms with Crippen molar-refractivity contribution < 1.29 is 14.6 Å². The van der Waals surface area contributed by atoms with Gasteiger partial charge in [0.2, 0.25) is 0 Å². The van der Waals surface area contributed by atoms with Gasteiger partial charge in [-0.15, -0.1) is 0 Å². The van der Waals surface area contributed by atoms with Crippen LogP contribution in [0.3, 0.4) is 0 Å². The first-order chi connectivity index (χ1) is 9.74. The van der Waals surface area contributed by atoms with Crippen LogP contribution < -0.4 is 0 Å². The topological polar surface area (TPSA) is 41.9 Å². The van der Waals surface area contributed by atoms with Gasteiger partial charge in [-0.05, 0) is 18.9 Å². The van der Waals surface area contributed by atoms with Crippen LogP contribution in [0, 0.1) is 0 Å². The molecule has 0 aliphatic rings. The lowest BCUT2D eigenvalue weighted by Crippen LogP contribution is -2.33. The van der Waals surface area contributed by atoms with E-state index in [-0.39, 0.29) is 6.04 Å². The number of rotatable bonds is 10. The zero-order valence-corrected chi connectivity index (χ0v) is 12.8. The van der Waals surface area contributed by atoms with Gasteiger partial charge in [-0.2, -0.15) is 0 Å². The van der Waals surface area contributed by atoms with Crippen LogP contribution in [0.1, 0.15) is 31.4 Å². The summed E-state index contributed by atoms with van der Waals surface area (Å²) < 4.78 is 10.3. The van der Waals surface area contributed by atoms with Crippen molar-refractivity contribution in [2.45, 2.75) is 25.8 Å². The molecule has 1 aromatic rings. The summed E-state index contributed by atoms with van der Waals surface area (Å²) in [7, 11) is 3.44. The SMILES string of the molecule is CCC(c1ccccc1O)N(CCCOC)CCOC. The van der Waals surface area contributed by atoms with Gasteiger partial charge >= 0.3 is 0 Å². The van der Waals surface area contributed by atoms with Crippen molar-refractivity contribution in [2.75, 3.05) is 40.5 Å². The lowest BCUT2D eigenvalue weighted by Gasteiger charge is -2.31. The van der Waals surface area contributed by atoms with Crippen molar-refractivity contribution in [2.24, 2.45) is 0 Å². The highest BCUT2D eigenvalue weighted by molar-refractivity contribution is 5.34. The molecule has 0 heterocycles. The number of aromatic hydroxyl groups is 1. The van der Waals surface area contributed by atoms with Crippen molar-refractivity contribution in [3.8, 4) is 5.75 Å². The Morgan fingerprint density at radius 3 is 2.40 bits per heavy atom. The fraction of sp³-hybridized carbons (Fsp3) is 0.625. The van der Waals surface area contributed by atoms with E-state index in [0.717, 1.165) is 38.1 Å². The lowest BCUT2D eigenvalue weighted by molar-refractivity contribution is 0.103. The van der Waals surface area contributed by atoms with Crippen LogP contribution in [0.4, 0.5) is 0 Å². The molecular weight excluding hydrogens is 254 g/mol. The Morgan fingerprint density at radius 2 is 1.80 bits per heavy atom. The van der Waals surface area contributed by atoms with E-state index in [9.17, 15) is 5.11 Å². The second-order valence-corrected chi connectivity index (χ2v) is 4.86. The summed E-state index contributed by atoms with van der Waals surface area (Å²) in [5.41, 5.74) is 0.989. The maximum absolute atomic E-state index is 10.1. The lowest BCUT2D eigenvalue weighted by atomic mass is 10.0. The highest BCUT2D eigenvalue weighted by Crippen LogP contribution is 2.30. The maximum Gasteiger partial charge on any atom is 0.120 e. The van der Waals surface area contributed by atoms with Gasteiger partial charge in [-0.25, -0.2) is 0 Å². The number of benzene rings is 1. The van der Waals surface area contributed by atoms with Crippen LogP contribution in [0.15, 0.2) is 24.3 Å². The minimum absolute atomic E-state index is 0.211. The Labute approximate surface area is 122 Å². The van der Waals surface area contributed by atoms with Gasteiger partial charge in [0.15, 0.2) is 0 Å². The van der Waals surface area contributed by atoms with Crippen molar-refractivity contribution in [1.29, 1.82) is 0 Å². The number of phenols is 1. The molecule has 0 saturated carbocycles. The summed E-state index contributed by atoms with van der Waals surface area (Å²) >= 11 is 0. The zero-order chi connectivity index (χ0) is 14.8. The predicted molar refractivity (Wildman–Crippen MR) is 81.1 cm³/mol. The number of hydrogen-bond acceptors (Lipinski definition) is 4. The van der Waals surface area contributed by atoms with E-state index in [2.05, 4.69) is 11.8 Å². The molecule has 20 heavy (non-hydrogen) atoms. The molecule has 1 atom stereocenters. The Balaban J connectivity index is 2.80. The molecule has 1 unspecified atom stereocenters. The van der Waals surface area contributed by atoms with Gasteiger partial charge in [-0.1, -0.05) is 25.1 Å². The quantitative estimate of drug-likeness (QED) is 0.670. The maximum atomic E-state index is 10.1. The van der Waals surface area contributed by atoms with Gasteiger partial charge in [0.05, 0.1) is 6.61 Å². The standard InChI is InChI=1S/C16H27NO3/c1-4-15(14-8-5-6-9-16(14)18)17(11-13-20-3)10-7-12-19-2/h5-6,8-9,15,18H,4,7,10-13H2,1-3H3. The van der Waals surface area contributed by atoms with E-state index in [1.54, 1.807) is 20.3 Å². The van der Waals surface area contributed by atoms with Crippen LogP contribution in [0.25, 0.3) is 0 Å². The summed E-state index contributed by atoms with van der Waals surface area (Å²) in [4.78, 5) is 2.36. The van der Waals surface area contributed by atoms with Crippen molar-refractivity contribution in [3.05, 3.63) is 29.8 Å². The minimum atomic E-state index is 0.211. The third-order valence-corrected chi connectivity index (χ3v) is 3.50. The highest BCUT2D eigenvalue weighted by Gasteiger charge is 2.20. The van der Waals surface area contributed by atoms with Gasteiger partial charge < -0.3 is 14.6 Å². The van der Waals surface area contributed by atoms with Gasteiger partial charge in [0, 0.05) is 45.5 Å². The van der Waals surface area contributed by atoms with Crippen LogP contribution in [-0.2, 0) is 9.47 Å². The van der Waals surface area contributed by atoms with E-state index < -0.39 is 0 Å². The van der Waals surface area contributed by atoms with Gasteiger partial charge in [0.25, 0.3) is 0 Å². The third-order valence-electron chi connectivity index (χ3n) is 3.50. The molecular formula is C16H27NO3. The highest BCUT2D eigenvalue weighted by atomic mass is 16.5. The first-order valence-corrected chi connectivity index (χ1v) is 7.24. The van der Waals surface area contributed by atoms with Crippen molar-refractivity contribution in [3.63, 3.8) is 0 Å². The molecule has 1 rings (SSSR count). The molecule has 0 fully saturated rings. The monoisotopic (exact) mass is 281 g/mol. The fourth-order valence-corrected chi connectivity index (χ4v) is 2.49. The Hall–Kier alpha value is -1.10. The van der Waals surface area contributed by atoms with Crippen LogP contribution in [-0.4, -0.2) is 50.5 Å². The molecule has 0 saturated heterocycles. The van der Waals surface area contributed by atoms with E-state index in [0.29, 0.717) is 12.4 Å². The predicted octanol–water partition coefficient (Wildman–Crippen LogP) is 2.83. The number of nitrogens with zero attached hydrogens (tertiary/aromatic N) is 1. The largest absolute Gasteiger partial charge is 0.508 e. The normalized spacial score (nSPS) is 12.8. The van der Waals surface area contributed by atoms with Gasteiger partial charge in [0.1, 0.15) is 5.75 Å². The van der Waals surface area contributed by atoms with Crippen LogP contribution >= 0.6 is 0 Å². The number of hydrogen-bond donors (Lipinski definition) is 1. The molecule has 4 heteroatoms. The molecule has 0 radical (unpaired) electrons. The van der Waals surface area contributed by atoms with Crippen molar-refractivity contribution in [1.82, 2.24) is 4.90 Å². The smallest absolute Gasteiger partial charge is 0.120 e. The van der Waals surface area contributed by atoms with E-state index >= 15 is 0 Å². The van der Waals surface area contributed by atoms with Crippen molar-refractivity contribution >= 4 is 0 Å². The molecule has 1 N–H and O–H groups in total. The number of methoxy groups -OCH3 is 2. The van der Waals surface area contributed by atoms with Crippen LogP contribution in [0.5, 0.6) is 5.75 Å². The minimum Gasteiger partial charge on any atom is -0.508 e. The fourth-order valence-electron chi connectivity index (χ4n) is 2.49. The number of para-hydroxylation sites is 1. The summed E-state index contributed by atoms with van der Waals surface area (Å²) in [6.07, 6.45) is 1.93.